The van der Waals surface area contributed by atoms with Gasteiger partial charge in [0.1, 0.15) is 5.52 Å². The topological polar surface area (TPSA) is 83.4 Å². The molecule has 3 rings (SSSR count). The number of piperazine rings is 1. The van der Waals surface area contributed by atoms with Crippen molar-refractivity contribution in [1.82, 2.24) is 24.8 Å². The van der Waals surface area contributed by atoms with Crippen LogP contribution in [0.5, 0.6) is 0 Å². The van der Waals surface area contributed by atoms with Gasteiger partial charge in [0.05, 0.1) is 0 Å². The van der Waals surface area contributed by atoms with Crippen molar-refractivity contribution < 1.29 is 4.79 Å². The highest BCUT2D eigenvalue weighted by atomic mass is 16.2. The Kier molecular flexibility index (Phi) is 5.93. The lowest BCUT2D eigenvalue weighted by Gasteiger charge is -2.35. The number of urea groups is 1. The predicted octanol–water partition coefficient (Wildman–Crippen LogP) is 1.69. The number of rotatable bonds is 5. The van der Waals surface area contributed by atoms with Crippen LogP contribution in [0.4, 0.5) is 10.6 Å². The monoisotopic (exact) mass is 372 g/mol. The Morgan fingerprint density at radius 1 is 1.26 bits per heavy atom. The lowest BCUT2D eigenvalue weighted by atomic mass is 10.1. The van der Waals surface area contributed by atoms with Crippen molar-refractivity contribution in [2.45, 2.75) is 33.7 Å². The number of fused-ring (bicyclic) bond motifs is 1. The van der Waals surface area contributed by atoms with Crippen LogP contribution in [0.25, 0.3) is 11.2 Å². The Hall–Kier alpha value is -2.64. The third kappa shape index (κ3) is 4.20. The van der Waals surface area contributed by atoms with E-state index in [1.807, 2.05) is 24.0 Å². The summed E-state index contributed by atoms with van der Waals surface area (Å²) >= 11 is 0. The lowest BCUT2D eigenvalue weighted by Crippen LogP contribution is -2.53. The van der Waals surface area contributed by atoms with Crippen LogP contribution < -0.4 is 15.8 Å². The molecule has 0 aromatic carbocycles. The van der Waals surface area contributed by atoms with Crippen LogP contribution in [-0.4, -0.2) is 58.2 Å². The van der Waals surface area contributed by atoms with Crippen LogP contribution in [0.1, 0.15) is 27.2 Å². The first-order chi connectivity index (χ1) is 13.0. The fraction of sp³-hybridized carbons (Fsp3) is 0.579. The number of pyridine rings is 1. The zero-order chi connectivity index (χ0) is 19.4. The quantitative estimate of drug-likeness (QED) is 0.863. The first kappa shape index (κ1) is 19.1. The summed E-state index contributed by atoms with van der Waals surface area (Å²) in [7, 11) is 0. The highest BCUT2D eigenvalue weighted by Crippen LogP contribution is 2.14. The van der Waals surface area contributed by atoms with Crippen molar-refractivity contribution in [3.05, 3.63) is 28.7 Å². The minimum atomic E-state index is -0.126. The average molecular weight is 372 g/mol. The van der Waals surface area contributed by atoms with Crippen molar-refractivity contribution >= 4 is 23.0 Å². The molecule has 0 atom stereocenters. The van der Waals surface area contributed by atoms with E-state index < -0.39 is 0 Å². The smallest absolute Gasteiger partial charge is 0.317 e. The number of carbonyl (C=O) groups is 1. The largest absolute Gasteiger partial charge is 0.348 e. The molecular formula is C19H28N6O2. The van der Waals surface area contributed by atoms with Crippen LogP contribution in [0.2, 0.25) is 0 Å². The SMILES string of the molecule is CCn1c(=O)c(N2CCN(C(=O)NCCC(C)C)CC2)nc2cccnc21. The van der Waals surface area contributed by atoms with E-state index in [0.717, 1.165) is 6.42 Å². The van der Waals surface area contributed by atoms with E-state index in [2.05, 4.69) is 29.1 Å². The predicted molar refractivity (Wildman–Crippen MR) is 106 cm³/mol. The van der Waals surface area contributed by atoms with Gasteiger partial charge >= 0.3 is 6.03 Å². The van der Waals surface area contributed by atoms with Gasteiger partial charge in [0.25, 0.3) is 5.56 Å². The number of carbonyl (C=O) groups excluding carboxylic acids is 1. The molecule has 2 aromatic heterocycles. The molecule has 0 radical (unpaired) electrons. The van der Waals surface area contributed by atoms with Gasteiger partial charge in [-0.25, -0.2) is 14.8 Å². The van der Waals surface area contributed by atoms with Gasteiger partial charge in [-0.15, -0.1) is 0 Å². The molecule has 2 amide bonds. The van der Waals surface area contributed by atoms with Gasteiger partial charge < -0.3 is 15.1 Å². The van der Waals surface area contributed by atoms with E-state index in [-0.39, 0.29) is 11.6 Å². The van der Waals surface area contributed by atoms with Crippen molar-refractivity contribution in [3.63, 3.8) is 0 Å². The minimum absolute atomic E-state index is 0.0306. The van der Waals surface area contributed by atoms with Gasteiger partial charge in [-0.2, -0.15) is 0 Å². The van der Waals surface area contributed by atoms with Gasteiger partial charge in [-0.1, -0.05) is 13.8 Å². The standard InChI is InChI=1S/C19H28N6O2/c1-4-25-16-15(6-5-8-20-16)22-17(18(25)26)23-10-12-24(13-11-23)19(27)21-9-7-14(2)3/h5-6,8,14H,4,7,9-13H2,1-3H3,(H,21,27). The van der Waals surface area contributed by atoms with E-state index in [9.17, 15) is 9.59 Å². The maximum atomic E-state index is 12.9. The van der Waals surface area contributed by atoms with Gasteiger partial charge in [0.15, 0.2) is 11.5 Å². The molecule has 0 unspecified atom stereocenters. The molecule has 2 aromatic rings. The molecule has 1 aliphatic rings. The number of amides is 2. The number of hydrogen-bond donors (Lipinski definition) is 1. The molecule has 1 fully saturated rings. The molecular weight excluding hydrogens is 344 g/mol. The zero-order valence-corrected chi connectivity index (χ0v) is 16.3. The second-order valence-corrected chi connectivity index (χ2v) is 7.22. The molecule has 0 aliphatic carbocycles. The first-order valence-electron chi connectivity index (χ1n) is 9.64. The average Bonchev–Trinajstić information content (AvgIpc) is 2.67. The summed E-state index contributed by atoms with van der Waals surface area (Å²) < 4.78 is 1.66. The third-order valence-electron chi connectivity index (χ3n) is 4.87. The number of anilines is 1. The van der Waals surface area contributed by atoms with Crippen molar-refractivity contribution in [2.75, 3.05) is 37.6 Å². The van der Waals surface area contributed by atoms with E-state index in [1.165, 1.54) is 0 Å². The minimum Gasteiger partial charge on any atom is -0.348 e. The maximum absolute atomic E-state index is 12.9. The Morgan fingerprint density at radius 2 is 2.00 bits per heavy atom. The Balaban J connectivity index is 1.70. The Bertz CT molecular complexity index is 855. The fourth-order valence-corrected chi connectivity index (χ4v) is 3.26. The molecule has 1 saturated heterocycles. The van der Waals surface area contributed by atoms with Crippen LogP contribution in [0, 0.1) is 5.92 Å². The second kappa shape index (κ2) is 8.37. The number of nitrogens with one attached hydrogen (secondary N) is 1. The van der Waals surface area contributed by atoms with Gasteiger partial charge in [-0.05, 0) is 31.4 Å². The number of hydrogen-bond acceptors (Lipinski definition) is 5. The molecule has 3 heterocycles. The first-order valence-corrected chi connectivity index (χ1v) is 9.64. The summed E-state index contributed by atoms with van der Waals surface area (Å²) in [5.74, 6) is 1.01. The lowest BCUT2D eigenvalue weighted by molar-refractivity contribution is 0.193. The highest BCUT2D eigenvalue weighted by Gasteiger charge is 2.24. The normalized spacial score (nSPS) is 14.8. The molecule has 0 spiro atoms. The van der Waals surface area contributed by atoms with E-state index in [0.29, 0.717) is 62.2 Å². The summed E-state index contributed by atoms with van der Waals surface area (Å²) in [4.78, 5) is 37.8. The van der Waals surface area contributed by atoms with Crippen LogP contribution in [-0.2, 0) is 6.54 Å². The summed E-state index contributed by atoms with van der Waals surface area (Å²) in [6, 6.07) is 3.66. The molecule has 1 aliphatic heterocycles. The summed E-state index contributed by atoms with van der Waals surface area (Å²) in [5.41, 5.74) is 1.19. The fourth-order valence-electron chi connectivity index (χ4n) is 3.26. The summed E-state index contributed by atoms with van der Waals surface area (Å²) in [5, 5.41) is 2.97. The molecule has 27 heavy (non-hydrogen) atoms. The summed E-state index contributed by atoms with van der Waals surface area (Å²) in [6.07, 6.45) is 2.64. The molecule has 0 bridgehead atoms. The summed E-state index contributed by atoms with van der Waals surface area (Å²) in [6.45, 7) is 9.78. The zero-order valence-electron chi connectivity index (χ0n) is 16.3. The highest BCUT2D eigenvalue weighted by molar-refractivity contribution is 5.75. The molecule has 8 heteroatoms. The van der Waals surface area contributed by atoms with E-state index >= 15 is 0 Å². The van der Waals surface area contributed by atoms with E-state index in [1.54, 1.807) is 15.7 Å². The molecule has 0 saturated carbocycles. The van der Waals surface area contributed by atoms with Crippen LogP contribution in [0.3, 0.4) is 0 Å². The van der Waals surface area contributed by atoms with Crippen molar-refractivity contribution in [1.29, 1.82) is 0 Å². The van der Waals surface area contributed by atoms with Crippen molar-refractivity contribution in [2.24, 2.45) is 5.92 Å². The number of aryl methyl sites for hydroxylation is 1. The van der Waals surface area contributed by atoms with Crippen LogP contribution in [0.15, 0.2) is 23.1 Å². The number of aromatic nitrogens is 3. The molecule has 1 N–H and O–H groups in total. The van der Waals surface area contributed by atoms with E-state index in [4.69, 9.17) is 0 Å². The maximum Gasteiger partial charge on any atom is 0.317 e. The molecule has 146 valence electrons. The Labute approximate surface area is 159 Å². The third-order valence-corrected chi connectivity index (χ3v) is 4.87. The Morgan fingerprint density at radius 3 is 2.67 bits per heavy atom. The second-order valence-electron chi connectivity index (χ2n) is 7.22. The van der Waals surface area contributed by atoms with Gasteiger partial charge in [-0.3, -0.25) is 9.36 Å². The van der Waals surface area contributed by atoms with Gasteiger partial charge in [0.2, 0.25) is 0 Å². The molecule has 8 nitrogen and oxygen atoms in total. The van der Waals surface area contributed by atoms with Gasteiger partial charge in [0, 0.05) is 45.5 Å². The van der Waals surface area contributed by atoms with Crippen molar-refractivity contribution in [3.8, 4) is 0 Å². The van der Waals surface area contributed by atoms with Crippen LogP contribution >= 0.6 is 0 Å². The number of nitrogens with zero attached hydrogens (tertiary/aromatic N) is 5.